The molecule has 0 rings (SSSR count). The minimum atomic E-state index is -0.222. The third kappa shape index (κ3) is 3.93. The van der Waals surface area contributed by atoms with Crippen LogP contribution in [-0.4, -0.2) is 43.1 Å². The number of nitrogens with two attached hydrogens (primary N) is 1. The Morgan fingerprint density at radius 2 is 2.44 bits per heavy atom. The van der Waals surface area contributed by atoms with Gasteiger partial charge < -0.3 is 10.8 Å². The van der Waals surface area contributed by atoms with E-state index in [0.717, 1.165) is 0 Å². The van der Waals surface area contributed by atoms with E-state index in [1.54, 1.807) is 12.1 Å². The van der Waals surface area contributed by atoms with E-state index < -0.39 is 0 Å². The summed E-state index contributed by atoms with van der Waals surface area (Å²) in [7, 11) is 1.75. The number of hydrazone groups is 1. The molecule has 0 bridgehead atoms. The molecule has 0 aliphatic heterocycles. The number of aliphatic hydroxyl groups excluding tert-OH is 1. The maximum Gasteiger partial charge on any atom is 0.0600 e. The summed E-state index contributed by atoms with van der Waals surface area (Å²) in [6.45, 7) is 3.81. The van der Waals surface area contributed by atoms with Gasteiger partial charge in [-0.15, -0.1) is 0 Å². The summed E-state index contributed by atoms with van der Waals surface area (Å²) in [5.74, 6) is 0. The van der Waals surface area contributed by atoms with Crippen LogP contribution in [-0.2, 0) is 0 Å². The monoisotopic (exact) mass is 131 g/mol. The molecular formula is C5H13N3O. The maximum atomic E-state index is 8.47. The molecule has 54 valence electrons. The summed E-state index contributed by atoms with van der Waals surface area (Å²) < 4.78 is 0. The molecule has 0 aromatic heterocycles. The molecule has 3 N–H and O–H groups in total. The molecule has 0 fully saturated rings. The molecule has 4 nitrogen and oxygen atoms in total. The number of hydrogen-bond donors (Lipinski definition) is 2. The highest BCUT2D eigenvalue weighted by Crippen LogP contribution is 1.83. The molecule has 0 aromatic rings. The van der Waals surface area contributed by atoms with Crippen LogP contribution in [0.3, 0.4) is 0 Å². The second-order valence-electron chi connectivity index (χ2n) is 1.92. The fraction of sp³-hybridized carbons (Fsp3) is 0.800. The van der Waals surface area contributed by atoms with Gasteiger partial charge in [-0.05, 0) is 0 Å². The molecule has 0 aliphatic rings. The van der Waals surface area contributed by atoms with Gasteiger partial charge in [0, 0.05) is 19.8 Å². The first kappa shape index (κ1) is 8.39. The van der Waals surface area contributed by atoms with Crippen LogP contribution in [0.2, 0.25) is 0 Å². The topological polar surface area (TPSA) is 61.8 Å². The number of hydrogen-bond acceptors (Lipinski definition) is 4. The standard InChI is InChI=1S/C5H13N3O/c1-7-8(2)3-5(6)4-9/h5,9H,1,3-4,6H2,2H3. The highest BCUT2D eigenvalue weighted by molar-refractivity contribution is 5.22. The fourth-order valence-electron chi connectivity index (χ4n) is 0.455. The Bertz CT molecular complexity index is 86.3. The van der Waals surface area contributed by atoms with Crippen molar-refractivity contribution in [3.8, 4) is 0 Å². The van der Waals surface area contributed by atoms with Crippen LogP contribution in [0, 0.1) is 0 Å². The number of rotatable bonds is 4. The molecule has 0 radical (unpaired) electrons. The average molecular weight is 131 g/mol. The van der Waals surface area contributed by atoms with Crippen molar-refractivity contribution in [1.82, 2.24) is 5.01 Å². The largest absolute Gasteiger partial charge is 0.395 e. The van der Waals surface area contributed by atoms with Crippen LogP contribution in [0.5, 0.6) is 0 Å². The van der Waals surface area contributed by atoms with E-state index in [1.165, 1.54) is 0 Å². The average Bonchev–Trinajstić information content (AvgIpc) is 1.87. The Balaban J connectivity index is 3.33. The van der Waals surface area contributed by atoms with Gasteiger partial charge in [0.2, 0.25) is 0 Å². The highest BCUT2D eigenvalue weighted by Gasteiger charge is 2.00. The van der Waals surface area contributed by atoms with Gasteiger partial charge in [0.1, 0.15) is 0 Å². The minimum Gasteiger partial charge on any atom is -0.395 e. The number of nitrogens with zero attached hydrogens (tertiary/aromatic N) is 2. The van der Waals surface area contributed by atoms with E-state index in [0.29, 0.717) is 6.54 Å². The zero-order chi connectivity index (χ0) is 7.28. The number of aliphatic hydroxyl groups is 1. The van der Waals surface area contributed by atoms with E-state index in [4.69, 9.17) is 10.8 Å². The quantitative estimate of drug-likeness (QED) is 0.374. The van der Waals surface area contributed by atoms with Gasteiger partial charge in [-0.3, -0.25) is 5.01 Å². The first-order valence-corrected chi connectivity index (χ1v) is 2.75. The molecule has 9 heavy (non-hydrogen) atoms. The van der Waals surface area contributed by atoms with Gasteiger partial charge in [-0.25, -0.2) is 0 Å². The summed E-state index contributed by atoms with van der Waals surface area (Å²) in [6.07, 6.45) is 0. The Morgan fingerprint density at radius 3 is 2.78 bits per heavy atom. The minimum absolute atomic E-state index is 0.0140. The van der Waals surface area contributed by atoms with Gasteiger partial charge in [-0.2, -0.15) is 5.10 Å². The Labute approximate surface area is 55.0 Å². The predicted octanol–water partition coefficient (Wildman–Crippen LogP) is -1.15. The lowest BCUT2D eigenvalue weighted by Gasteiger charge is -2.15. The normalized spacial score (nSPS) is 12.8. The van der Waals surface area contributed by atoms with Gasteiger partial charge >= 0.3 is 0 Å². The molecule has 1 unspecified atom stereocenters. The van der Waals surface area contributed by atoms with Crippen molar-refractivity contribution in [3.05, 3.63) is 0 Å². The van der Waals surface area contributed by atoms with Crippen molar-refractivity contribution < 1.29 is 5.11 Å². The molecular weight excluding hydrogens is 118 g/mol. The zero-order valence-corrected chi connectivity index (χ0v) is 5.62. The summed E-state index contributed by atoms with van der Waals surface area (Å²) in [5.41, 5.74) is 5.37. The van der Waals surface area contributed by atoms with E-state index in [-0.39, 0.29) is 12.6 Å². The van der Waals surface area contributed by atoms with Crippen LogP contribution < -0.4 is 5.73 Å². The third-order valence-electron chi connectivity index (χ3n) is 0.975. The molecule has 0 aromatic carbocycles. The first-order chi connectivity index (χ1) is 4.20. The summed E-state index contributed by atoms with van der Waals surface area (Å²) in [6, 6.07) is -0.222. The van der Waals surface area contributed by atoms with Crippen LogP contribution >= 0.6 is 0 Å². The van der Waals surface area contributed by atoms with Crippen molar-refractivity contribution in [2.75, 3.05) is 20.2 Å². The Morgan fingerprint density at radius 1 is 1.89 bits per heavy atom. The van der Waals surface area contributed by atoms with Gasteiger partial charge in [0.05, 0.1) is 13.2 Å². The van der Waals surface area contributed by atoms with E-state index in [1.807, 2.05) is 0 Å². The summed E-state index contributed by atoms with van der Waals surface area (Å²) >= 11 is 0. The van der Waals surface area contributed by atoms with Gasteiger partial charge in [-0.1, -0.05) is 0 Å². The Kier molecular flexibility index (Phi) is 4.00. The molecule has 0 aliphatic carbocycles. The van der Waals surface area contributed by atoms with Gasteiger partial charge in [0.15, 0.2) is 0 Å². The van der Waals surface area contributed by atoms with Crippen molar-refractivity contribution in [1.29, 1.82) is 0 Å². The molecule has 0 saturated carbocycles. The molecule has 0 heterocycles. The lowest BCUT2D eigenvalue weighted by atomic mass is 10.3. The van der Waals surface area contributed by atoms with Crippen LogP contribution in [0.4, 0.5) is 0 Å². The second-order valence-corrected chi connectivity index (χ2v) is 1.92. The zero-order valence-electron chi connectivity index (χ0n) is 5.62. The molecule has 4 heteroatoms. The van der Waals surface area contributed by atoms with Crippen molar-refractivity contribution in [3.63, 3.8) is 0 Å². The smallest absolute Gasteiger partial charge is 0.0600 e. The molecule has 0 saturated heterocycles. The predicted molar refractivity (Wildman–Crippen MR) is 37.2 cm³/mol. The third-order valence-corrected chi connectivity index (χ3v) is 0.975. The van der Waals surface area contributed by atoms with E-state index in [2.05, 4.69) is 11.8 Å². The molecule has 0 amide bonds. The molecule has 1 atom stereocenters. The SMILES string of the molecule is C=NN(C)CC(N)CO. The highest BCUT2D eigenvalue weighted by atomic mass is 16.3. The lowest BCUT2D eigenvalue weighted by Crippen LogP contribution is -2.35. The van der Waals surface area contributed by atoms with Crippen molar-refractivity contribution >= 4 is 6.72 Å². The van der Waals surface area contributed by atoms with E-state index >= 15 is 0 Å². The summed E-state index contributed by atoms with van der Waals surface area (Å²) in [5, 5.41) is 13.6. The Hall–Kier alpha value is -0.610. The molecule has 0 spiro atoms. The summed E-state index contributed by atoms with van der Waals surface area (Å²) in [4.78, 5) is 0. The first-order valence-electron chi connectivity index (χ1n) is 2.75. The van der Waals surface area contributed by atoms with E-state index in [9.17, 15) is 0 Å². The van der Waals surface area contributed by atoms with Crippen LogP contribution in [0.15, 0.2) is 5.10 Å². The van der Waals surface area contributed by atoms with Gasteiger partial charge in [0.25, 0.3) is 0 Å². The van der Waals surface area contributed by atoms with Crippen molar-refractivity contribution in [2.45, 2.75) is 6.04 Å². The lowest BCUT2D eigenvalue weighted by molar-refractivity contribution is 0.226. The second kappa shape index (κ2) is 4.29. The number of likely N-dealkylation sites (N-methyl/N-ethyl adjacent to an activating group) is 1. The van der Waals surface area contributed by atoms with Crippen LogP contribution in [0.25, 0.3) is 0 Å². The maximum absolute atomic E-state index is 8.47. The van der Waals surface area contributed by atoms with Crippen molar-refractivity contribution in [2.24, 2.45) is 10.8 Å². The van der Waals surface area contributed by atoms with Crippen LogP contribution in [0.1, 0.15) is 0 Å². The fourth-order valence-corrected chi connectivity index (χ4v) is 0.455.